The minimum Gasteiger partial charge on any atom is -0.493 e. The van der Waals surface area contributed by atoms with Crippen LogP contribution in [0.5, 0.6) is 28.7 Å². The molecule has 4 rings (SSSR count). The van der Waals surface area contributed by atoms with Gasteiger partial charge >= 0.3 is 0 Å². The van der Waals surface area contributed by atoms with Crippen molar-refractivity contribution >= 4 is 11.5 Å². The highest BCUT2D eigenvalue weighted by molar-refractivity contribution is 5.78. The summed E-state index contributed by atoms with van der Waals surface area (Å²) in [5.41, 5.74) is 2.66. The molecular weight excluding hydrogens is 404 g/mol. The second kappa shape index (κ2) is 9.75. The van der Waals surface area contributed by atoms with Crippen LogP contribution in [0.3, 0.4) is 0 Å². The van der Waals surface area contributed by atoms with Gasteiger partial charge in [-0.25, -0.2) is 4.98 Å². The molecule has 0 spiro atoms. The fourth-order valence-electron chi connectivity index (χ4n) is 3.40. The van der Waals surface area contributed by atoms with Gasteiger partial charge in [0.1, 0.15) is 17.3 Å². The van der Waals surface area contributed by atoms with Crippen LogP contribution in [0.25, 0.3) is 11.1 Å². The van der Waals surface area contributed by atoms with E-state index in [0.717, 1.165) is 28.3 Å². The number of para-hydroxylation sites is 1. The maximum Gasteiger partial charge on any atom is 0.203 e. The van der Waals surface area contributed by atoms with E-state index in [-0.39, 0.29) is 0 Å². The number of rotatable bonds is 8. The number of nitrogens with zero attached hydrogens (tertiary/aromatic N) is 1. The highest BCUT2D eigenvalue weighted by Gasteiger charge is 2.17. The van der Waals surface area contributed by atoms with Gasteiger partial charge in [0.25, 0.3) is 0 Å². The lowest BCUT2D eigenvalue weighted by Gasteiger charge is -2.16. The van der Waals surface area contributed by atoms with Crippen LogP contribution in [0.15, 0.2) is 85.1 Å². The molecule has 0 aliphatic heterocycles. The summed E-state index contributed by atoms with van der Waals surface area (Å²) in [7, 11) is 4.80. The Morgan fingerprint density at radius 1 is 0.688 bits per heavy atom. The number of methoxy groups -OCH3 is 3. The summed E-state index contributed by atoms with van der Waals surface area (Å²) in [4.78, 5) is 4.46. The first-order valence-electron chi connectivity index (χ1n) is 10.1. The van der Waals surface area contributed by atoms with Crippen LogP contribution in [-0.4, -0.2) is 26.3 Å². The predicted octanol–water partition coefficient (Wildman–Crippen LogP) is 6.31. The molecule has 32 heavy (non-hydrogen) atoms. The minimum absolute atomic E-state index is 0.546. The van der Waals surface area contributed by atoms with Crippen LogP contribution in [0.4, 0.5) is 11.5 Å². The van der Waals surface area contributed by atoms with Gasteiger partial charge in [-0.15, -0.1) is 0 Å². The first-order chi connectivity index (χ1) is 15.7. The molecule has 0 aliphatic carbocycles. The molecule has 0 saturated heterocycles. The smallest absolute Gasteiger partial charge is 0.203 e. The van der Waals surface area contributed by atoms with Crippen molar-refractivity contribution in [2.75, 3.05) is 26.6 Å². The summed E-state index contributed by atoms with van der Waals surface area (Å²) in [6.45, 7) is 0. The van der Waals surface area contributed by atoms with E-state index in [4.69, 9.17) is 18.9 Å². The molecule has 0 amide bonds. The Hall–Kier alpha value is -4.19. The molecule has 162 valence electrons. The van der Waals surface area contributed by atoms with Crippen molar-refractivity contribution in [3.8, 4) is 39.9 Å². The van der Waals surface area contributed by atoms with Crippen LogP contribution in [-0.2, 0) is 0 Å². The summed E-state index contributed by atoms with van der Waals surface area (Å²) in [6, 6.07) is 25.1. The second-order valence-corrected chi connectivity index (χ2v) is 6.88. The maximum absolute atomic E-state index is 5.92. The van der Waals surface area contributed by atoms with Gasteiger partial charge in [0, 0.05) is 23.5 Å². The van der Waals surface area contributed by atoms with Crippen molar-refractivity contribution < 1.29 is 18.9 Å². The summed E-state index contributed by atoms with van der Waals surface area (Å²) in [5.74, 6) is 3.96. The van der Waals surface area contributed by atoms with Gasteiger partial charge in [-0.05, 0) is 54.1 Å². The minimum atomic E-state index is 0.546. The molecule has 6 heteroatoms. The molecule has 4 aromatic rings. The molecule has 0 unspecified atom stereocenters. The molecule has 0 radical (unpaired) electrons. The third kappa shape index (κ3) is 4.59. The van der Waals surface area contributed by atoms with Crippen molar-refractivity contribution in [1.82, 2.24) is 4.98 Å². The van der Waals surface area contributed by atoms with Crippen LogP contribution >= 0.6 is 0 Å². The number of pyridine rings is 1. The average Bonchev–Trinajstić information content (AvgIpc) is 2.84. The van der Waals surface area contributed by atoms with Gasteiger partial charge in [0.15, 0.2) is 11.5 Å². The van der Waals surface area contributed by atoms with E-state index in [9.17, 15) is 0 Å². The number of benzene rings is 3. The first-order valence-corrected chi connectivity index (χ1v) is 10.1. The van der Waals surface area contributed by atoms with Crippen molar-refractivity contribution in [3.05, 3.63) is 85.1 Å². The number of nitrogens with one attached hydrogen (secondary N) is 1. The van der Waals surface area contributed by atoms with Crippen LogP contribution in [0, 0.1) is 0 Å². The zero-order valence-corrected chi connectivity index (χ0v) is 18.2. The highest BCUT2D eigenvalue weighted by Crippen LogP contribution is 2.44. The summed E-state index contributed by atoms with van der Waals surface area (Å²) in [5, 5.41) is 3.34. The molecule has 0 saturated carbocycles. The lowest BCUT2D eigenvalue weighted by atomic mass is 10.0. The van der Waals surface area contributed by atoms with E-state index in [1.54, 1.807) is 27.5 Å². The van der Waals surface area contributed by atoms with Crippen molar-refractivity contribution in [1.29, 1.82) is 0 Å². The normalized spacial score (nSPS) is 10.3. The number of anilines is 2. The molecule has 3 aromatic carbocycles. The predicted molar refractivity (Wildman–Crippen MR) is 126 cm³/mol. The fourth-order valence-corrected chi connectivity index (χ4v) is 3.40. The molecule has 1 N–H and O–H groups in total. The quantitative estimate of drug-likeness (QED) is 0.355. The summed E-state index contributed by atoms with van der Waals surface area (Å²) < 4.78 is 22.5. The Morgan fingerprint density at radius 3 is 2.22 bits per heavy atom. The van der Waals surface area contributed by atoms with E-state index in [1.807, 2.05) is 78.9 Å². The zero-order valence-electron chi connectivity index (χ0n) is 18.2. The number of aromatic nitrogens is 1. The van der Waals surface area contributed by atoms with Crippen molar-refractivity contribution in [3.63, 3.8) is 0 Å². The number of ether oxygens (including phenoxy) is 4. The Labute approximate surface area is 187 Å². The third-order valence-corrected chi connectivity index (χ3v) is 4.86. The fraction of sp³-hybridized carbons (Fsp3) is 0.115. The summed E-state index contributed by atoms with van der Waals surface area (Å²) >= 11 is 0. The molecule has 0 bridgehead atoms. The Balaban J connectivity index is 1.60. The standard InChI is InChI=1S/C26H24N2O4/c1-29-23-13-12-22(25(30-2)26(23)31-3)18-14-15-27-24(16-18)28-19-8-7-11-21(17-19)32-20-9-5-4-6-10-20/h4-17H,1-3H3,(H,27,28). The van der Waals surface area contributed by atoms with Crippen LogP contribution in [0.2, 0.25) is 0 Å². The monoisotopic (exact) mass is 428 g/mol. The van der Waals surface area contributed by atoms with Gasteiger partial charge in [-0.3, -0.25) is 0 Å². The highest BCUT2D eigenvalue weighted by atomic mass is 16.5. The van der Waals surface area contributed by atoms with Crippen LogP contribution < -0.4 is 24.3 Å². The zero-order chi connectivity index (χ0) is 22.3. The van der Waals surface area contributed by atoms with Crippen molar-refractivity contribution in [2.45, 2.75) is 0 Å². The van der Waals surface area contributed by atoms with E-state index in [0.29, 0.717) is 23.1 Å². The van der Waals surface area contributed by atoms with Gasteiger partial charge in [0.2, 0.25) is 5.75 Å². The molecule has 6 nitrogen and oxygen atoms in total. The van der Waals surface area contributed by atoms with E-state index in [2.05, 4.69) is 10.3 Å². The second-order valence-electron chi connectivity index (χ2n) is 6.88. The number of hydrogen-bond donors (Lipinski definition) is 1. The topological polar surface area (TPSA) is 61.8 Å². The van der Waals surface area contributed by atoms with Crippen molar-refractivity contribution in [2.24, 2.45) is 0 Å². The lowest BCUT2D eigenvalue weighted by molar-refractivity contribution is 0.325. The summed E-state index contributed by atoms with van der Waals surface area (Å²) in [6.07, 6.45) is 1.75. The van der Waals surface area contributed by atoms with Gasteiger partial charge in [-0.1, -0.05) is 24.3 Å². The van der Waals surface area contributed by atoms with Gasteiger partial charge in [0.05, 0.1) is 21.3 Å². The molecular formula is C26H24N2O4. The molecule has 1 aromatic heterocycles. The molecule has 0 aliphatic rings. The third-order valence-electron chi connectivity index (χ3n) is 4.86. The number of hydrogen-bond acceptors (Lipinski definition) is 6. The van der Waals surface area contributed by atoms with E-state index < -0.39 is 0 Å². The maximum atomic E-state index is 5.92. The SMILES string of the molecule is COc1ccc(-c2ccnc(Nc3cccc(Oc4ccccc4)c3)c2)c(OC)c1OC. The first kappa shape index (κ1) is 21.1. The molecule has 0 fully saturated rings. The molecule has 1 heterocycles. The van der Waals surface area contributed by atoms with Gasteiger partial charge < -0.3 is 24.3 Å². The largest absolute Gasteiger partial charge is 0.493 e. The lowest BCUT2D eigenvalue weighted by Crippen LogP contribution is -1.98. The van der Waals surface area contributed by atoms with Gasteiger partial charge in [-0.2, -0.15) is 0 Å². The Bertz CT molecular complexity index is 1200. The molecule has 0 atom stereocenters. The average molecular weight is 428 g/mol. The van der Waals surface area contributed by atoms with Crippen LogP contribution in [0.1, 0.15) is 0 Å². The van der Waals surface area contributed by atoms with E-state index >= 15 is 0 Å². The van der Waals surface area contributed by atoms with E-state index in [1.165, 1.54) is 0 Å². The Kier molecular flexibility index (Phi) is 6.41. The Morgan fingerprint density at radius 2 is 1.47 bits per heavy atom.